The summed E-state index contributed by atoms with van der Waals surface area (Å²) >= 11 is 0. The zero-order valence-electron chi connectivity index (χ0n) is 5.56. The molecule has 0 aliphatic rings. The third-order valence-electron chi connectivity index (χ3n) is 0.151. The van der Waals surface area contributed by atoms with Gasteiger partial charge < -0.3 is 5.11 Å². The summed E-state index contributed by atoms with van der Waals surface area (Å²) in [5.74, 6) is -1.29. The van der Waals surface area contributed by atoms with E-state index in [1.807, 2.05) is 0 Å². The van der Waals surface area contributed by atoms with Crippen LogP contribution >= 0.6 is 0 Å². The van der Waals surface area contributed by atoms with Crippen LogP contribution in [0.15, 0.2) is 0 Å². The monoisotopic (exact) mass is 78.1 g/mol. The van der Waals surface area contributed by atoms with Gasteiger partial charge in [-0.05, 0) is 0 Å². The first kappa shape index (κ1) is 1.29. The Labute approximate surface area is 34.6 Å². The lowest BCUT2D eigenvalue weighted by Gasteiger charge is -1.71. The van der Waals surface area contributed by atoms with Gasteiger partial charge in [-0.15, -0.1) is 0 Å². The van der Waals surface area contributed by atoms with Crippen molar-refractivity contribution in [1.29, 1.82) is 0 Å². The van der Waals surface area contributed by atoms with Crippen LogP contribution in [0.2, 0.25) is 0 Å². The third-order valence-corrected chi connectivity index (χ3v) is 0.151. The van der Waals surface area contributed by atoms with Crippen molar-refractivity contribution in [3.8, 4) is 0 Å². The molecule has 0 saturated heterocycles. The molecule has 0 aliphatic heterocycles. The van der Waals surface area contributed by atoms with Gasteiger partial charge in [-0.1, -0.05) is 6.85 Å². The van der Waals surface area contributed by atoms with Crippen LogP contribution in [0.3, 0.4) is 0 Å². The highest BCUT2D eigenvalue weighted by atomic mass is 16.4. The Balaban J connectivity index is 3.55. The van der Waals surface area contributed by atoms with Crippen molar-refractivity contribution in [2.45, 2.75) is 13.3 Å². The van der Waals surface area contributed by atoms with Crippen LogP contribution in [0.5, 0.6) is 0 Å². The zero-order valence-corrected chi connectivity index (χ0v) is 2.56. The van der Waals surface area contributed by atoms with Gasteiger partial charge in [0.05, 0.1) is 0 Å². The summed E-state index contributed by atoms with van der Waals surface area (Å²) in [6, 6.07) is 0. The molecule has 1 N–H and O–H groups in total. The van der Waals surface area contributed by atoms with E-state index in [2.05, 4.69) is 0 Å². The first-order valence-corrected chi connectivity index (χ1v) is 1.13. The number of hydrogen-bond donors (Lipinski definition) is 1. The molecule has 0 bridgehead atoms. The Morgan fingerprint density at radius 3 is 3.00 bits per heavy atom. The molecule has 0 aromatic heterocycles. The summed E-state index contributed by atoms with van der Waals surface area (Å²) in [6.07, 6.45) is -0.757. The second kappa shape index (κ2) is 1.76. The predicted octanol–water partition coefficient (Wildman–Crippen LogP) is 0.481. The minimum absolute atomic E-state index is 0.757. The van der Waals surface area contributed by atoms with Crippen LogP contribution < -0.4 is 0 Å². The number of rotatable bonds is 1. The van der Waals surface area contributed by atoms with E-state index < -0.39 is 19.2 Å². The quantitative estimate of drug-likeness (QED) is 0.463. The summed E-state index contributed by atoms with van der Waals surface area (Å²) in [7, 11) is 0. The van der Waals surface area contributed by atoms with Crippen molar-refractivity contribution in [3.63, 3.8) is 0 Å². The largest absolute Gasteiger partial charge is 0.481 e. The van der Waals surface area contributed by atoms with Gasteiger partial charge in [-0.25, -0.2) is 0 Å². The molecule has 0 atom stereocenters. The normalized spacial score (nSPS) is 18.8. The molecule has 30 valence electrons. The minimum atomic E-state index is -2.33. The summed E-state index contributed by atoms with van der Waals surface area (Å²) in [6.45, 7) is -2.33. The maximum absolute atomic E-state index is 9.65. The van der Waals surface area contributed by atoms with E-state index in [0.29, 0.717) is 0 Å². The number of aliphatic carboxylic acids is 1. The fraction of sp³-hybridized carbons (Fsp3) is 0.667. The average molecular weight is 78.1 g/mol. The van der Waals surface area contributed by atoms with E-state index in [9.17, 15) is 4.79 Å². The molecule has 0 amide bonds. The van der Waals surface area contributed by atoms with Gasteiger partial charge in [0.2, 0.25) is 0 Å². The standard InChI is InChI=1S/C3H6O2/c1-2-3(4)5/h2H2,1H3,(H,4,5)/i1+1D3. The van der Waals surface area contributed by atoms with Crippen LogP contribution in [0.4, 0.5) is 0 Å². The first-order valence-electron chi connectivity index (χ1n) is 2.63. The molecule has 0 radical (unpaired) electrons. The molecule has 0 aromatic rings. The molecular weight excluding hydrogens is 69.0 g/mol. The highest BCUT2D eigenvalue weighted by Gasteiger charge is 1.80. The van der Waals surface area contributed by atoms with E-state index in [0.717, 1.165) is 0 Å². The second-order valence-corrected chi connectivity index (χ2v) is 0.571. The molecule has 0 fully saturated rings. The molecule has 0 rings (SSSR count). The molecule has 0 saturated carbocycles. The van der Waals surface area contributed by atoms with Gasteiger partial charge in [0.1, 0.15) is 0 Å². The Morgan fingerprint density at radius 2 is 3.00 bits per heavy atom. The Hall–Kier alpha value is -0.530. The van der Waals surface area contributed by atoms with Gasteiger partial charge in [0.15, 0.2) is 0 Å². The first-order chi connectivity index (χ1) is 3.42. The topological polar surface area (TPSA) is 37.3 Å². The van der Waals surface area contributed by atoms with Crippen molar-refractivity contribution >= 4 is 5.97 Å². The molecule has 5 heavy (non-hydrogen) atoms. The lowest BCUT2D eigenvalue weighted by molar-refractivity contribution is -0.136. The van der Waals surface area contributed by atoms with Crippen molar-refractivity contribution in [2.75, 3.05) is 0 Å². The van der Waals surface area contributed by atoms with Gasteiger partial charge >= 0.3 is 5.97 Å². The van der Waals surface area contributed by atoms with Crippen molar-refractivity contribution in [1.82, 2.24) is 0 Å². The Bertz CT molecular complexity index is 95.2. The van der Waals surface area contributed by atoms with Crippen molar-refractivity contribution < 1.29 is 14.0 Å². The average Bonchev–Trinajstić information content (AvgIpc) is 1.21. The molecule has 0 heterocycles. The fourth-order valence-corrected chi connectivity index (χ4v) is 0. The van der Waals surface area contributed by atoms with Crippen LogP contribution in [-0.4, -0.2) is 11.1 Å². The molecular formula is C3H6O2. The van der Waals surface area contributed by atoms with E-state index >= 15 is 0 Å². The SMILES string of the molecule is [2H][13C]([2H])([2H])CC(=O)O. The maximum atomic E-state index is 9.65. The maximum Gasteiger partial charge on any atom is 0.303 e. The van der Waals surface area contributed by atoms with Crippen LogP contribution in [0.25, 0.3) is 0 Å². The van der Waals surface area contributed by atoms with Gasteiger partial charge in [0.25, 0.3) is 0 Å². The summed E-state index contributed by atoms with van der Waals surface area (Å²) in [5.41, 5.74) is 0. The number of carboxylic acids is 1. The molecule has 2 heteroatoms. The Morgan fingerprint density at radius 1 is 2.40 bits per heavy atom. The van der Waals surface area contributed by atoms with Crippen LogP contribution in [0, 0.1) is 0 Å². The lowest BCUT2D eigenvalue weighted by Crippen LogP contribution is -1.86. The molecule has 0 aliphatic carbocycles. The van der Waals surface area contributed by atoms with Crippen molar-refractivity contribution in [3.05, 3.63) is 0 Å². The Kier molecular flexibility index (Phi) is 0.452. The van der Waals surface area contributed by atoms with Crippen LogP contribution in [-0.2, 0) is 4.79 Å². The van der Waals surface area contributed by atoms with Gasteiger partial charge in [0, 0.05) is 10.5 Å². The number of carboxylic acid groups (broad SMARTS) is 1. The minimum Gasteiger partial charge on any atom is -0.481 e. The molecule has 0 aromatic carbocycles. The highest BCUT2D eigenvalue weighted by Crippen LogP contribution is 1.67. The van der Waals surface area contributed by atoms with Gasteiger partial charge in [-0.2, -0.15) is 0 Å². The van der Waals surface area contributed by atoms with E-state index in [-0.39, 0.29) is 0 Å². The summed E-state index contributed by atoms with van der Waals surface area (Å²) in [4.78, 5) is 9.65. The van der Waals surface area contributed by atoms with E-state index in [1.165, 1.54) is 0 Å². The van der Waals surface area contributed by atoms with Crippen LogP contribution in [0.1, 0.15) is 17.4 Å². The highest BCUT2D eigenvalue weighted by molar-refractivity contribution is 5.66. The molecule has 2 nitrogen and oxygen atoms in total. The summed E-state index contributed by atoms with van der Waals surface area (Å²) < 4.78 is 19.2. The second-order valence-electron chi connectivity index (χ2n) is 0.571. The fourth-order valence-electron chi connectivity index (χ4n) is 0. The summed E-state index contributed by atoms with van der Waals surface area (Å²) in [5, 5.41) is 7.89. The van der Waals surface area contributed by atoms with E-state index in [4.69, 9.17) is 9.22 Å². The number of hydrogen-bond acceptors (Lipinski definition) is 1. The van der Waals surface area contributed by atoms with E-state index in [1.54, 1.807) is 0 Å². The van der Waals surface area contributed by atoms with Crippen molar-refractivity contribution in [2.24, 2.45) is 0 Å². The molecule has 0 unspecified atom stereocenters. The molecule has 0 spiro atoms. The van der Waals surface area contributed by atoms with Gasteiger partial charge in [-0.3, -0.25) is 4.79 Å². The predicted molar refractivity (Wildman–Crippen MR) is 17.9 cm³/mol. The third kappa shape index (κ3) is 3.47. The zero-order chi connectivity index (χ0) is 6.78. The lowest BCUT2D eigenvalue weighted by atomic mass is 10.7. The number of carbonyl (C=O) groups is 1. The smallest absolute Gasteiger partial charge is 0.303 e.